The van der Waals surface area contributed by atoms with Gasteiger partial charge in [-0.2, -0.15) is 5.26 Å². The van der Waals surface area contributed by atoms with Gasteiger partial charge in [-0.3, -0.25) is 10.9 Å². The molecular formula is C13H21N3. The van der Waals surface area contributed by atoms with Crippen molar-refractivity contribution in [1.82, 2.24) is 10.9 Å². The maximum atomic E-state index is 8.51. The lowest BCUT2D eigenvalue weighted by Crippen LogP contribution is -2.62. The summed E-state index contributed by atoms with van der Waals surface area (Å²) in [5.74, 6) is 2.95. The van der Waals surface area contributed by atoms with E-state index in [2.05, 4.69) is 16.9 Å². The van der Waals surface area contributed by atoms with E-state index in [-0.39, 0.29) is 0 Å². The van der Waals surface area contributed by atoms with E-state index in [9.17, 15) is 0 Å². The Morgan fingerprint density at radius 2 is 1.62 bits per heavy atom. The first-order valence-electron chi connectivity index (χ1n) is 6.67. The molecule has 2 N–H and O–H groups in total. The molecule has 16 heavy (non-hydrogen) atoms. The van der Waals surface area contributed by atoms with Crippen molar-refractivity contribution in [3.8, 4) is 6.07 Å². The van der Waals surface area contributed by atoms with Crippen LogP contribution in [-0.2, 0) is 0 Å². The van der Waals surface area contributed by atoms with Gasteiger partial charge in [0, 0.05) is 18.5 Å². The van der Waals surface area contributed by atoms with E-state index in [1.807, 2.05) is 0 Å². The summed E-state index contributed by atoms with van der Waals surface area (Å²) in [6.07, 6.45) is 9.13. The van der Waals surface area contributed by atoms with Crippen LogP contribution in [0.4, 0.5) is 0 Å². The fraction of sp³-hybridized carbons (Fsp3) is 0.923. The molecule has 0 atom stereocenters. The lowest BCUT2D eigenvalue weighted by atomic mass is 9.53. The third-order valence-corrected chi connectivity index (χ3v) is 4.75. The van der Waals surface area contributed by atoms with Gasteiger partial charge in [-0.15, -0.1) is 0 Å². The second kappa shape index (κ2) is 4.01. The molecule has 0 unspecified atom stereocenters. The molecule has 0 amide bonds. The summed E-state index contributed by atoms with van der Waals surface area (Å²) in [7, 11) is 0. The molecule has 0 saturated heterocycles. The first-order chi connectivity index (χ1) is 7.80. The van der Waals surface area contributed by atoms with Crippen LogP contribution in [0.2, 0.25) is 0 Å². The minimum Gasteiger partial charge on any atom is -0.256 e. The highest BCUT2D eigenvalue weighted by atomic mass is 15.4. The van der Waals surface area contributed by atoms with Crippen LogP contribution in [0.25, 0.3) is 0 Å². The van der Waals surface area contributed by atoms with Crippen LogP contribution in [0.3, 0.4) is 0 Å². The molecule has 0 aromatic rings. The van der Waals surface area contributed by atoms with E-state index in [1.54, 1.807) is 0 Å². The van der Waals surface area contributed by atoms with E-state index in [0.717, 1.165) is 24.3 Å². The second-order valence-corrected chi connectivity index (χ2v) is 6.16. The zero-order valence-corrected chi connectivity index (χ0v) is 9.84. The molecule has 4 rings (SSSR count). The zero-order valence-electron chi connectivity index (χ0n) is 9.84. The third kappa shape index (κ3) is 1.85. The number of nitrogens with one attached hydrogen (secondary N) is 2. The van der Waals surface area contributed by atoms with Gasteiger partial charge in [0.15, 0.2) is 0 Å². The van der Waals surface area contributed by atoms with E-state index in [0.29, 0.717) is 12.0 Å². The highest BCUT2D eigenvalue weighted by Gasteiger charge is 2.50. The minimum atomic E-state index is 0.379. The first kappa shape index (κ1) is 10.6. The SMILES string of the molecule is N#CCCNNC12CC3CC(CC(C3)C1)C2. The molecule has 88 valence electrons. The zero-order chi connectivity index (χ0) is 11.0. The number of hydrogen-bond acceptors (Lipinski definition) is 3. The fourth-order valence-corrected chi connectivity index (χ4v) is 4.63. The third-order valence-electron chi connectivity index (χ3n) is 4.75. The van der Waals surface area contributed by atoms with Gasteiger partial charge in [-0.25, -0.2) is 0 Å². The lowest BCUT2D eigenvalue weighted by molar-refractivity contribution is -0.0266. The molecule has 0 aliphatic heterocycles. The fourth-order valence-electron chi connectivity index (χ4n) is 4.63. The number of rotatable bonds is 4. The lowest BCUT2D eigenvalue weighted by Gasteiger charge is -2.57. The second-order valence-electron chi connectivity index (χ2n) is 6.16. The molecule has 4 aliphatic rings. The topological polar surface area (TPSA) is 47.9 Å². The minimum absolute atomic E-state index is 0.379. The molecule has 4 aliphatic carbocycles. The highest BCUT2D eigenvalue weighted by molar-refractivity contribution is 5.05. The summed E-state index contributed by atoms with van der Waals surface area (Å²) in [5.41, 5.74) is 7.21. The maximum absolute atomic E-state index is 8.51. The van der Waals surface area contributed by atoms with Gasteiger partial charge in [0.2, 0.25) is 0 Å². The van der Waals surface area contributed by atoms with Crippen molar-refractivity contribution >= 4 is 0 Å². The Morgan fingerprint density at radius 1 is 1.06 bits per heavy atom. The number of nitrogens with zero attached hydrogens (tertiary/aromatic N) is 1. The molecule has 3 heteroatoms. The molecule has 4 saturated carbocycles. The van der Waals surface area contributed by atoms with Gasteiger partial charge in [0.1, 0.15) is 0 Å². The molecule has 0 aromatic carbocycles. The van der Waals surface area contributed by atoms with Crippen molar-refractivity contribution in [2.24, 2.45) is 17.8 Å². The normalized spacial score (nSPS) is 44.6. The first-order valence-corrected chi connectivity index (χ1v) is 6.67. The van der Waals surface area contributed by atoms with Gasteiger partial charge in [-0.05, 0) is 56.3 Å². The predicted octanol–water partition coefficient (Wildman–Crippen LogP) is 1.96. The molecule has 0 spiro atoms. The number of hydrazine groups is 1. The average Bonchev–Trinajstić information content (AvgIpc) is 2.22. The van der Waals surface area contributed by atoms with Crippen molar-refractivity contribution < 1.29 is 0 Å². The molecule has 0 aromatic heterocycles. The van der Waals surface area contributed by atoms with Crippen LogP contribution in [0, 0.1) is 29.1 Å². The van der Waals surface area contributed by atoms with Gasteiger partial charge in [-0.1, -0.05) is 0 Å². The van der Waals surface area contributed by atoms with Gasteiger partial charge in [0.05, 0.1) is 6.07 Å². The van der Waals surface area contributed by atoms with Crippen molar-refractivity contribution in [2.75, 3.05) is 6.54 Å². The van der Waals surface area contributed by atoms with E-state index in [1.165, 1.54) is 38.5 Å². The monoisotopic (exact) mass is 219 g/mol. The smallest absolute Gasteiger partial charge is 0.0635 e. The van der Waals surface area contributed by atoms with Crippen molar-refractivity contribution in [1.29, 1.82) is 5.26 Å². The molecule has 4 bridgehead atoms. The summed E-state index contributed by atoms with van der Waals surface area (Å²) in [6.45, 7) is 0.776. The summed E-state index contributed by atoms with van der Waals surface area (Å²) in [6, 6.07) is 2.17. The van der Waals surface area contributed by atoms with Gasteiger partial charge < -0.3 is 0 Å². The van der Waals surface area contributed by atoms with E-state index >= 15 is 0 Å². The Balaban J connectivity index is 1.59. The quantitative estimate of drug-likeness (QED) is 0.561. The van der Waals surface area contributed by atoms with Crippen molar-refractivity contribution in [3.05, 3.63) is 0 Å². The van der Waals surface area contributed by atoms with E-state index in [4.69, 9.17) is 5.26 Å². The summed E-state index contributed by atoms with van der Waals surface area (Å²) in [5, 5.41) is 8.51. The Hall–Kier alpha value is -0.590. The van der Waals surface area contributed by atoms with Crippen LogP contribution >= 0.6 is 0 Å². The Morgan fingerprint density at radius 3 is 2.12 bits per heavy atom. The maximum Gasteiger partial charge on any atom is 0.0635 e. The Labute approximate surface area is 97.6 Å². The van der Waals surface area contributed by atoms with Crippen LogP contribution in [0.5, 0.6) is 0 Å². The summed E-state index contributed by atoms with van der Waals surface area (Å²) < 4.78 is 0. The Bertz CT molecular complexity index is 270. The Kier molecular flexibility index (Phi) is 2.65. The molecule has 3 nitrogen and oxygen atoms in total. The van der Waals surface area contributed by atoms with Crippen LogP contribution in [0.15, 0.2) is 0 Å². The largest absolute Gasteiger partial charge is 0.256 e. The standard InChI is InChI=1S/C13H21N3/c14-2-1-3-15-16-13-7-10-4-11(8-13)6-12(5-10)9-13/h10-12,15-16H,1,3-9H2. The number of nitriles is 1. The van der Waals surface area contributed by atoms with Crippen molar-refractivity contribution in [3.63, 3.8) is 0 Å². The highest BCUT2D eigenvalue weighted by Crippen LogP contribution is 2.55. The van der Waals surface area contributed by atoms with Crippen molar-refractivity contribution in [2.45, 2.75) is 50.5 Å². The number of hydrogen-bond donors (Lipinski definition) is 2. The summed E-state index contributed by atoms with van der Waals surface area (Å²) >= 11 is 0. The molecule has 0 radical (unpaired) electrons. The molecule has 0 heterocycles. The van der Waals surface area contributed by atoms with Gasteiger partial charge >= 0.3 is 0 Å². The summed E-state index contributed by atoms with van der Waals surface area (Å²) in [4.78, 5) is 0. The average molecular weight is 219 g/mol. The molecular weight excluding hydrogens is 198 g/mol. The van der Waals surface area contributed by atoms with Crippen LogP contribution < -0.4 is 10.9 Å². The van der Waals surface area contributed by atoms with Gasteiger partial charge in [0.25, 0.3) is 0 Å². The predicted molar refractivity (Wildman–Crippen MR) is 62.3 cm³/mol. The van der Waals surface area contributed by atoms with Crippen LogP contribution in [-0.4, -0.2) is 12.1 Å². The molecule has 4 fully saturated rings. The van der Waals surface area contributed by atoms with Crippen LogP contribution in [0.1, 0.15) is 44.9 Å². The van der Waals surface area contributed by atoms with E-state index < -0.39 is 0 Å².